The van der Waals surface area contributed by atoms with Crippen LogP contribution >= 0.6 is 0 Å². The highest BCUT2D eigenvalue weighted by Gasteiger charge is 2.12. The molecule has 0 aliphatic carbocycles. The number of unbranched alkanes of at least 4 members (excludes halogenated alkanes) is 1. The standard InChI is InChI=1S/C20H32N2O/c1-6-8-9-18(19(7-2)22(4)5)14-20(23)21-15-17-12-10-16(3)11-13-17/h10-13H,6-9,14-15H2,1-5H3,(H,21,23)/b19-18-. The molecule has 0 atom stereocenters. The van der Waals surface area contributed by atoms with Crippen LogP contribution in [0.2, 0.25) is 0 Å². The highest BCUT2D eigenvalue weighted by molar-refractivity contribution is 5.78. The van der Waals surface area contributed by atoms with E-state index >= 15 is 0 Å². The molecule has 3 heteroatoms. The fourth-order valence-electron chi connectivity index (χ4n) is 2.77. The molecule has 0 bridgehead atoms. The number of nitrogens with zero attached hydrogens (tertiary/aromatic N) is 1. The fraction of sp³-hybridized carbons (Fsp3) is 0.550. The van der Waals surface area contributed by atoms with Gasteiger partial charge in [-0.2, -0.15) is 0 Å². The predicted molar refractivity (Wildman–Crippen MR) is 98.2 cm³/mol. The lowest BCUT2D eigenvalue weighted by Crippen LogP contribution is -2.24. The molecule has 1 rings (SSSR count). The van der Waals surface area contributed by atoms with Gasteiger partial charge in [0.2, 0.25) is 5.91 Å². The zero-order valence-electron chi connectivity index (χ0n) is 15.4. The Balaban J connectivity index is 2.67. The van der Waals surface area contributed by atoms with E-state index in [1.807, 2.05) is 0 Å². The summed E-state index contributed by atoms with van der Waals surface area (Å²) < 4.78 is 0. The third-order valence-corrected chi connectivity index (χ3v) is 4.10. The number of hydrogen-bond acceptors (Lipinski definition) is 2. The van der Waals surface area contributed by atoms with Crippen LogP contribution in [0.25, 0.3) is 0 Å². The number of amides is 1. The maximum Gasteiger partial charge on any atom is 0.224 e. The molecule has 0 aromatic heterocycles. The smallest absolute Gasteiger partial charge is 0.224 e. The molecule has 3 nitrogen and oxygen atoms in total. The van der Waals surface area contributed by atoms with E-state index in [-0.39, 0.29) is 5.91 Å². The molecule has 1 aromatic carbocycles. The molecule has 0 heterocycles. The van der Waals surface area contributed by atoms with Crippen LogP contribution in [0.4, 0.5) is 0 Å². The normalized spacial score (nSPS) is 11.9. The van der Waals surface area contributed by atoms with Crippen LogP contribution in [0.15, 0.2) is 35.5 Å². The van der Waals surface area contributed by atoms with Gasteiger partial charge in [0.05, 0.1) is 0 Å². The minimum atomic E-state index is 0.115. The SMILES string of the molecule is CCCC/C(CC(=O)NCc1ccc(C)cc1)=C(\CC)N(C)C. The summed E-state index contributed by atoms with van der Waals surface area (Å²) in [6.07, 6.45) is 4.77. The van der Waals surface area contributed by atoms with E-state index in [2.05, 4.69) is 69.3 Å². The van der Waals surface area contributed by atoms with Crippen molar-refractivity contribution in [3.8, 4) is 0 Å². The van der Waals surface area contributed by atoms with Crippen LogP contribution in [0.3, 0.4) is 0 Å². The molecule has 0 aliphatic heterocycles. The summed E-state index contributed by atoms with van der Waals surface area (Å²) in [6, 6.07) is 8.30. The predicted octanol–water partition coefficient (Wildman–Crippen LogP) is 4.42. The third-order valence-electron chi connectivity index (χ3n) is 4.10. The lowest BCUT2D eigenvalue weighted by molar-refractivity contribution is -0.120. The number of carbonyl (C=O) groups excluding carboxylic acids is 1. The summed E-state index contributed by atoms with van der Waals surface area (Å²) in [5.41, 5.74) is 4.96. The van der Waals surface area contributed by atoms with Gasteiger partial charge in [-0.3, -0.25) is 4.79 Å². The van der Waals surface area contributed by atoms with Gasteiger partial charge in [-0.15, -0.1) is 0 Å². The molecular formula is C20H32N2O. The van der Waals surface area contributed by atoms with E-state index in [0.29, 0.717) is 13.0 Å². The van der Waals surface area contributed by atoms with Crippen molar-refractivity contribution in [1.82, 2.24) is 10.2 Å². The van der Waals surface area contributed by atoms with Gasteiger partial charge in [-0.25, -0.2) is 0 Å². The third kappa shape index (κ3) is 6.89. The lowest BCUT2D eigenvalue weighted by Gasteiger charge is -2.21. The van der Waals surface area contributed by atoms with Gasteiger partial charge in [0, 0.05) is 32.8 Å². The van der Waals surface area contributed by atoms with Crippen molar-refractivity contribution in [2.24, 2.45) is 0 Å². The van der Waals surface area contributed by atoms with E-state index in [4.69, 9.17) is 0 Å². The first-order chi connectivity index (χ1) is 11.0. The van der Waals surface area contributed by atoms with Gasteiger partial charge in [-0.05, 0) is 37.3 Å². The molecule has 1 N–H and O–H groups in total. The number of carbonyl (C=O) groups is 1. The van der Waals surface area contributed by atoms with Crippen LogP contribution < -0.4 is 5.32 Å². The van der Waals surface area contributed by atoms with Crippen molar-refractivity contribution in [1.29, 1.82) is 0 Å². The summed E-state index contributed by atoms with van der Waals surface area (Å²) in [7, 11) is 4.13. The van der Waals surface area contributed by atoms with Gasteiger partial charge >= 0.3 is 0 Å². The molecule has 1 aromatic rings. The van der Waals surface area contributed by atoms with Crippen LogP contribution in [0.1, 0.15) is 57.1 Å². The van der Waals surface area contributed by atoms with Gasteiger partial charge in [0.15, 0.2) is 0 Å². The van der Waals surface area contributed by atoms with Gasteiger partial charge in [-0.1, -0.05) is 50.1 Å². The maximum atomic E-state index is 12.3. The molecule has 0 radical (unpaired) electrons. The number of allylic oxidation sites excluding steroid dienone is 1. The molecule has 0 aliphatic rings. The molecule has 128 valence electrons. The molecular weight excluding hydrogens is 284 g/mol. The summed E-state index contributed by atoms with van der Waals surface area (Å²) in [5, 5.41) is 3.05. The van der Waals surface area contributed by atoms with Crippen molar-refractivity contribution in [3.05, 3.63) is 46.7 Å². The molecule has 1 amide bonds. The number of hydrogen-bond donors (Lipinski definition) is 1. The van der Waals surface area contributed by atoms with Gasteiger partial charge in [0.1, 0.15) is 0 Å². The Kier molecular flexibility index (Phi) is 8.46. The average Bonchev–Trinajstić information content (AvgIpc) is 2.52. The highest BCUT2D eigenvalue weighted by atomic mass is 16.1. The Hall–Kier alpha value is -1.77. The number of rotatable bonds is 9. The zero-order chi connectivity index (χ0) is 17.2. The first kappa shape index (κ1) is 19.3. The van der Waals surface area contributed by atoms with Crippen LogP contribution in [-0.4, -0.2) is 24.9 Å². The molecule has 0 saturated carbocycles. The largest absolute Gasteiger partial charge is 0.381 e. The monoisotopic (exact) mass is 316 g/mol. The van der Waals surface area contributed by atoms with E-state index in [0.717, 1.165) is 31.2 Å². The second-order valence-corrected chi connectivity index (χ2v) is 6.34. The molecule has 0 spiro atoms. The summed E-state index contributed by atoms with van der Waals surface area (Å²) in [4.78, 5) is 14.5. The zero-order valence-corrected chi connectivity index (χ0v) is 15.4. The summed E-state index contributed by atoms with van der Waals surface area (Å²) >= 11 is 0. The molecule has 0 unspecified atom stereocenters. The van der Waals surface area contributed by atoms with Crippen molar-refractivity contribution in [2.75, 3.05) is 14.1 Å². The average molecular weight is 316 g/mol. The minimum Gasteiger partial charge on any atom is -0.381 e. The van der Waals surface area contributed by atoms with E-state index in [1.165, 1.54) is 16.8 Å². The number of benzene rings is 1. The fourth-order valence-corrected chi connectivity index (χ4v) is 2.77. The first-order valence-corrected chi connectivity index (χ1v) is 8.68. The van der Waals surface area contributed by atoms with Crippen LogP contribution in [0, 0.1) is 6.92 Å². The van der Waals surface area contributed by atoms with Crippen molar-refractivity contribution in [2.45, 2.75) is 59.4 Å². The number of nitrogens with one attached hydrogen (secondary N) is 1. The maximum absolute atomic E-state index is 12.3. The Bertz CT molecular complexity index is 515. The van der Waals surface area contributed by atoms with E-state index < -0.39 is 0 Å². The molecule has 0 saturated heterocycles. The molecule has 23 heavy (non-hydrogen) atoms. The van der Waals surface area contributed by atoms with Gasteiger partial charge in [0.25, 0.3) is 0 Å². The topological polar surface area (TPSA) is 32.3 Å². The van der Waals surface area contributed by atoms with Crippen molar-refractivity contribution in [3.63, 3.8) is 0 Å². The first-order valence-electron chi connectivity index (χ1n) is 8.68. The second-order valence-electron chi connectivity index (χ2n) is 6.34. The lowest BCUT2D eigenvalue weighted by atomic mass is 10.0. The quantitative estimate of drug-likeness (QED) is 0.731. The molecule has 0 fully saturated rings. The summed E-state index contributed by atoms with van der Waals surface area (Å²) in [5.74, 6) is 0.115. The summed E-state index contributed by atoms with van der Waals surface area (Å²) in [6.45, 7) is 7.02. The van der Waals surface area contributed by atoms with Crippen molar-refractivity contribution < 1.29 is 4.79 Å². The minimum absolute atomic E-state index is 0.115. The second kappa shape index (κ2) is 10.1. The van der Waals surface area contributed by atoms with Crippen molar-refractivity contribution >= 4 is 5.91 Å². The van der Waals surface area contributed by atoms with E-state index in [9.17, 15) is 4.79 Å². The highest BCUT2D eigenvalue weighted by Crippen LogP contribution is 2.20. The van der Waals surface area contributed by atoms with Crippen LogP contribution in [0.5, 0.6) is 0 Å². The number of aryl methyl sites for hydroxylation is 1. The van der Waals surface area contributed by atoms with E-state index in [1.54, 1.807) is 0 Å². The van der Waals surface area contributed by atoms with Gasteiger partial charge < -0.3 is 10.2 Å². The Labute approximate surface area is 141 Å². The van der Waals surface area contributed by atoms with Crippen LogP contribution in [-0.2, 0) is 11.3 Å². The Morgan fingerprint density at radius 2 is 1.78 bits per heavy atom. The Morgan fingerprint density at radius 1 is 1.13 bits per heavy atom. The Morgan fingerprint density at radius 3 is 2.30 bits per heavy atom.